The van der Waals surface area contributed by atoms with E-state index in [-0.39, 0.29) is 10.8 Å². The van der Waals surface area contributed by atoms with Gasteiger partial charge >= 0.3 is 0 Å². The van der Waals surface area contributed by atoms with Crippen LogP contribution in [-0.2, 0) is 10.0 Å². The van der Waals surface area contributed by atoms with Gasteiger partial charge in [-0.1, -0.05) is 22.8 Å². The summed E-state index contributed by atoms with van der Waals surface area (Å²) >= 11 is 5.86. The summed E-state index contributed by atoms with van der Waals surface area (Å²) in [6, 6.07) is 11.7. The number of nitrogens with zero attached hydrogens (tertiary/aromatic N) is 4. The van der Waals surface area contributed by atoms with E-state index >= 15 is 0 Å². The molecule has 0 aliphatic carbocycles. The molecular weight excluding hydrogens is 388 g/mol. The summed E-state index contributed by atoms with van der Waals surface area (Å²) in [5, 5.41) is 4.48. The number of halogens is 1. The molecule has 7 nitrogen and oxygen atoms in total. The number of hydrogen-bond donors (Lipinski definition) is 0. The predicted octanol–water partition coefficient (Wildman–Crippen LogP) is 3.35. The first-order chi connectivity index (χ1) is 13.0. The molecule has 0 spiro atoms. The van der Waals surface area contributed by atoms with Crippen molar-refractivity contribution in [1.29, 1.82) is 0 Å². The SMILES string of the molecule is O=S(=O)(c1ccc(Cl)cc1)N1CCCC(c2nc(-c3ccccn3)no2)C1. The van der Waals surface area contributed by atoms with Crippen molar-refractivity contribution in [3.05, 3.63) is 59.6 Å². The minimum atomic E-state index is -3.59. The molecule has 3 aromatic rings. The highest BCUT2D eigenvalue weighted by molar-refractivity contribution is 7.89. The number of rotatable bonds is 4. The van der Waals surface area contributed by atoms with Gasteiger partial charge in [-0.3, -0.25) is 4.98 Å². The van der Waals surface area contributed by atoms with E-state index in [0.717, 1.165) is 12.8 Å². The van der Waals surface area contributed by atoms with Gasteiger partial charge in [0.15, 0.2) is 0 Å². The van der Waals surface area contributed by atoms with Gasteiger partial charge in [0.25, 0.3) is 0 Å². The fourth-order valence-electron chi connectivity index (χ4n) is 3.12. The monoisotopic (exact) mass is 404 g/mol. The lowest BCUT2D eigenvalue weighted by Crippen LogP contribution is -2.39. The Hall–Kier alpha value is -2.29. The number of aromatic nitrogens is 3. The zero-order valence-electron chi connectivity index (χ0n) is 14.3. The maximum absolute atomic E-state index is 12.9. The summed E-state index contributed by atoms with van der Waals surface area (Å²) in [7, 11) is -3.59. The molecule has 0 bridgehead atoms. The minimum absolute atomic E-state index is 0.147. The van der Waals surface area contributed by atoms with E-state index in [9.17, 15) is 8.42 Å². The first kappa shape index (κ1) is 18.1. The summed E-state index contributed by atoms with van der Waals surface area (Å²) in [4.78, 5) is 8.86. The van der Waals surface area contributed by atoms with Gasteiger partial charge in [0.1, 0.15) is 5.69 Å². The third-order valence-electron chi connectivity index (χ3n) is 4.52. The van der Waals surface area contributed by atoms with E-state index in [1.807, 2.05) is 12.1 Å². The first-order valence-corrected chi connectivity index (χ1v) is 10.4. The fourth-order valence-corrected chi connectivity index (χ4v) is 4.77. The predicted molar refractivity (Wildman–Crippen MR) is 99.7 cm³/mol. The molecule has 27 heavy (non-hydrogen) atoms. The lowest BCUT2D eigenvalue weighted by molar-refractivity contribution is 0.265. The Morgan fingerprint density at radius 2 is 1.96 bits per heavy atom. The number of hydrogen-bond acceptors (Lipinski definition) is 6. The highest BCUT2D eigenvalue weighted by Crippen LogP contribution is 2.30. The van der Waals surface area contributed by atoms with Crippen LogP contribution in [0.3, 0.4) is 0 Å². The molecule has 9 heteroatoms. The highest BCUT2D eigenvalue weighted by atomic mass is 35.5. The molecule has 1 aromatic carbocycles. The van der Waals surface area contributed by atoms with Gasteiger partial charge < -0.3 is 4.52 Å². The van der Waals surface area contributed by atoms with Crippen LogP contribution in [0.1, 0.15) is 24.7 Å². The van der Waals surface area contributed by atoms with Crippen LogP contribution < -0.4 is 0 Å². The van der Waals surface area contributed by atoms with Crippen LogP contribution in [0.2, 0.25) is 5.02 Å². The van der Waals surface area contributed by atoms with E-state index in [2.05, 4.69) is 15.1 Å². The Labute approximate surface area is 162 Å². The zero-order valence-corrected chi connectivity index (χ0v) is 15.9. The average Bonchev–Trinajstić information content (AvgIpc) is 3.19. The smallest absolute Gasteiger partial charge is 0.243 e. The van der Waals surface area contributed by atoms with Gasteiger partial charge in [-0.2, -0.15) is 9.29 Å². The summed E-state index contributed by atoms with van der Waals surface area (Å²) in [5.74, 6) is 0.695. The number of pyridine rings is 1. The Morgan fingerprint density at radius 3 is 2.70 bits per heavy atom. The van der Waals surface area contributed by atoms with Crippen molar-refractivity contribution in [2.24, 2.45) is 0 Å². The van der Waals surface area contributed by atoms with Crippen molar-refractivity contribution in [1.82, 2.24) is 19.4 Å². The van der Waals surface area contributed by atoms with E-state index in [4.69, 9.17) is 16.1 Å². The third-order valence-corrected chi connectivity index (χ3v) is 6.65. The number of sulfonamides is 1. The second kappa shape index (κ2) is 7.38. The Bertz CT molecular complexity index is 1020. The van der Waals surface area contributed by atoms with Gasteiger partial charge in [-0.15, -0.1) is 0 Å². The topological polar surface area (TPSA) is 89.2 Å². The molecule has 1 saturated heterocycles. The molecule has 3 heterocycles. The maximum Gasteiger partial charge on any atom is 0.243 e. The van der Waals surface area contributed by atoms with Crippen molar-refractivity contribution in [2.45, 2.75) is 23.7 Å². The van der Waals surface area contributed by atoms with Gasteiger partial charge in [0.05, 0.1) is 10.8 Å². The Balaban J connectivity index is 1.55. The second-order valence-corrected chi connectivity index (χ2v) is 8.70. The quantitative estimate of drug-likeness (QED) is 0.662. The number of piperidine rings is 1. The Morgan fingerprint density at radius 1 is 1.15 bits per heavy atom. The number of benzene rings is 1. The molecule has 0 radical (unpaired) electrons. The van der Waals surface area contributed by atoms with Crippen LogP contribution >= 0.6 is 11.6 Å². The fraction of sp³-hybridized carbons (Fsp3) is 0.278. The molecule has 140 valence electrons. The molecule has 0 N–H and O–H groups in total. The molecule has 1 atom stereocenters. The zero-order chi connectivity index (χ0) is 18.9. The van der Waals surface area contributed by atoms with Crippen molar-refractivity contribution in [3.63, 3.8) is 0 Å². The molecular formula is C18H17ClN4O3S. The minimum Gasteiger partial charge on any atom is -0.339 e. The third kappa shape index (κ3) is 3.73. The average molecular weight is 405 g/mol. The van der Waals surface area contributed by atoms with Gasteiger partial charge in [-0.25, -0.2) is 8.42 Å². The molecule has 2 aromatic heterocycles. The van der Waals surface area contributed by atoms with Crippen LogP contribution in [0.4, 0.5) is 0 Å². The summed E-state index contributed by atoms with van der Waals surface area (Å²) in [6.07, 6.45) is 3.17. The van der Waals surface area contributed by atoms with Crippen LogP contribution in [0.25, 0.3) is 11.5 Å². The van der Waals surface area contributed by atoms with Crippen LogP contribution in [0, 0.1) is 0 Å². The molecule has 0 amide bonds. The van der Waals surface area contributed by atoms with Crippen molar-refractivity contribution >= 4 is 21.6 Å². The molecule has 4 rings (SSSR count). The molecule has 0 saturated carbocycles. The molecule has 1 unspecified atom stereocenters. The molecule has 1 aliphatic heterocycles. The summed E-state index contributed by atoms with van der Waals surface area (Å²) < 4.78 is 32.7. The normalized spacial score (nSPS) is 18.5. The summed E-state index contributed by atoms with van der Waals surface area (Å²) in [6.45, 7) is 0.761. The molecule has 1 aliphatic rings. The highest BCUT2D eigenvalue weighted by Gasteiger charge is 2.33. The van der Waals surface area contributed by atoms with Crippen molar-refractivity contribution in [3.8, 4) is 11.5 Å². The van der Waals surface area contributed by atoms with E-state index < -0.39 is 10.0 Å². The largest absolute Gasteiger partial charge is 0.339 e. The van der Waals surface area contributed by atoms with E-state index in [1.54, 1.807) is 24.4 Å². The van der Waals surface area contributed by atoms with Crippen molar-refractivity contribution in [2.75, 3.05) is 13.1 Å². The second-order valence-electron chi connectivity index (χ2n) is 6.33. The van der Waals surface area contributed by atoms with Crippen LogP contribution in [0.5, 0.6) is 0 Å². The lowest BCUT2D eigenvalue weighted by Gasteiger charge is -2.30. The van der Waals surface area contributed by atoms with E-state index in [0.29, 0.717) is 35.5 Å². The van der Waals surface area contributed by atoms with Gasteiger partial charge in [0.2, 0.25) is 21.7 Å². The van der Waals surface area contributed by atoms with Gasteiger partial charge in [-0.05, 0) is 49.2 Å². The van der Waals surface area contributed by atoms with Crippen LogP contribution in [0.15, 0.2) is 58.1 Å². The van der Waals surface area contributed by atoms with Crippen LogP contribution in [-0.4, -0.2) is 40.9 Å². The standard InChI is InChI=1S/C18H17ClN4O3S/c19-14-6-8-15(9-7-14)27(24,25)23-11-3-4-13(12-23)18-21-17(22-26-18)16-5-1-2-10-20-16/h1-2,5-10,13H,3-4,11-12H2. The lowest BCUT2D eigenvalue weighted by atomic mass is 10.00. The van der Waals surface area contributed by atoms with Gasteiger partial charge in [0, 0.05) is 24.3 Å². The van der Waals surface area contributed by atoms with Crippen molar-refractivity contribution < 1.29 is 12.9 Å². The van der Waals surface area contributed by atoms with E-state index in [1.165, 1.54) is 16.4 Å². The molecule has 1 fully saturated rings. The first-order valence-electron chi connectivity index (χ1n) is 8.55. The maximum atomic E-state index is 12.9. The Kier molecular flexibility index (Phi) is 4.94. The summed E-state index contributed by atoms with van der Waals surface area (Å²) in [5.41, 5.74) is 0.619.